The fourth-order valence-corrected chi connectivity index (χ4v) is 1.71. The molecule has 0 fully saturated rings. The number of ether oxygens (including phenoxy) is 2. The Morgan fingerprint density at radius 1 is 1.00 bits per heavy atom. The van der Waals surface area contributed by atoms with E-state index in [0.29, 0.717) is 6.61 Å². The predicted octanol–water partition coefficient (Wildman–Crippen LogP) is 4.68. The summed E-state index contributed by atoms with van der Waals surface area (Å²) in [5.74, 6) is 2.63. The third kappa shape index (κ3) is 13.6. The molecule has 0 rings (SSSR count). The van der Waals surface area contributed by atoms with E-state index in [9.17, 15) is 4.79 Å². The highest BCUT2D eigenvalue weighted by molar-refractivity contribution is 14.1. The second kappa shape index (κ2) is 14.6. The van der Waals surface area contributed by atoms with Crippen LogP contribution in [0.4, 0.5) is 4.79 Å². The number of rotatable bonds is 10. The maximum absolute atomic E-state index is 11.0. The van der Waals surface area contributed by atoms with E-state index < -0.39 is 6.16 Å². The van der Waals surface area contributed by atoms with E-state index in [1.54, 1.807) is 0 Å². The molecule has 0 aromatic heterocycles. The molecule has 0 aliphatic carbocycles. The first-order valence-electron chi connectivity index (χ1n) is 6.69. The van der Waals surface area contributed by atoms with Crippen molar-refractivity contribution in [3.8, 4) is 9.85 Å². The van der Waals surface area contributed by atoms with Gasteiger partial charge < -0.3 is 9.47 Å². The third-order valence-corrected chi connectivity index (χ3v) is 2.93. The number of halogens is 1. The summed E-state index contributed by atoms with van der Waals surface area (Å²) >= 11 is 1.90. The maximum atomic E-state index is 11.0. The van der Waals surface area contributed by atoms with Crippen LogP contribution in [-0.4, -0.2) is 19.4 Å². The molecular weight excluding hydrogens is 343 g/mol. The normalized spacial score (nSPS) is 9.44. The Bertz CT molecular complexity index is 256. The summed E-state index contributed by atoms with van der Waals surface area (Å²) in [4.78, 5) is 11.0. The molecular formula is C14H23IO3. The summed E-state index contributed by atoms with van der Waals surface area (Å²) in [6.07, 6.45) is 9.24. The van der Waals surface area contributed by atoms with Crippen molar-refractivity contribution in [2.45, 2.75) is 58.3 Å². The van der Waals surface area contributed by atoms with E-state index in [1.165, 1.54) is 38.5 Å². The SMILES string of the molecule is CCCCCCCCCCOC(=O)OCC#CI. The van der Waals surface area contributed by atoms with Gasteiger partial charge in [-0.3, -0.25) is 0 Å². The van der Waals surface area contributed by atoms with E-state index in [4.69, 9.17) is 9.47 Å². The fraction of sp³-hybridized carbons (Fsp3) is 0.786. The fourth-order valence-electron chi connectivity index (χ4n) is 1.56. The zero-order chi connectivity index (χ0) is 13.5. The number of carbonyl (C=O) groups excluding carboxylic acids is 1. The summed E-state index contributed by atoms with van der Waals surface area (Å²) in [7, 11) is 0. The van der Waals surface area contributed by atoms with E-state index in [1.807, 2.05) is 22.6 Å². The lowest BCUT2D eigenvalue weighted by atomic mass is 10.1. The van der Waals surface area contributed by atoms with Crippen molar-refractivity contribution in [1.82, 2.24) is 0 Å². The first kappa shape index (κ1) is 17.6. The topological polar surface area (TPSA) is 35.5 Å². The van der Waals surface area contributed by atoms with Crippen LogP contribution in [0.15, 0.2) is 0 Å². The largest absolute Gasteiger partial charge is 0.509 e. The second-order valence-electron chi connectivity index (χ2n) is 4.13. The molecule has 0 saturated heterocycles. The molecule has 0 atom stereocenters. The summed E-state index contributed by atoms with van der Waals surface area (Å²) in [5, 5.41) is 0. The molecule has 0 aromatic rings. The maximum Gasteiger partial charge on any atom is 0.509 e. The van der Waals surface area contributed by atoms with E-state index >= 15 is 0 Å². The molecule has 0 saturated carbocycles. The van der Waals surface area contributed by atoms with Gasteiger partial charge in [0, 0.05) is 22.6 Å². The van der Waals surface area contributed by atoms with Gasteiger partial charge in [-0.05, 0) is 10.3 Å². The molecule has 0 aromatic carbocycles. The standard InChI is InChI=1S/C14H23IO3/c1-2-3-4-5-6-7-8-9-12-17-14(16)18-13-10-11-15/h2-9,12-13H2,1H3. The second-order valence-corrected chi connectivity index (χ2v) is 4.67. The van der Waals surface area contributed by atoms with Crippen molar-refractivity contribution in [2.24, 2.45) is 0 Å². The highest BCUT2D eigenvalue weighted by Gasteiger charge is 2.01. The van der Waals surface area contributed by atoms with Crippen molar-refractivity contribution in [1.29, 1.82) is 0 Å². The Hall–Kier alpha value is -0.440. The molecule has 18 heavy (non-hydrogen) atoms. The lowest BCUT2D eigenvalue weighted by molar-refractivity contribution is 0.0632. The van der Waals surface area contributed by atoms with Gasteiger partial charge in [0.15, 0.2) is 6.61 Å². The number of carbonyl (C=O) groups is 1. The van der Waals surface area contributed by atoms with Crippen LogP contribution in [0.1, 0.15) is 58.3 Å². The molecule has 0 aliphatic heterocycles. The third-order valence-electron chi connectivity index (χ3n) is 2.55. The van der Waals surface area contributed by atoms with E-state index in [-0.39, 0.29) is 6.61 Å². The van der Waals surface area contributed by atoms with Crippen molar-refractivity contribution >= 4 is 28.7 Å². The molecule has 0 bridgehead atoms. The molecule has 0 aliphatic rings. The van der Waals surface area contributed by atoms with Crippen molar-refractivity contribution < 1.29 is 14.3 Å². The molecule has 0 N–H and O–H groups in total. The molecule has 104 valence electrons. The van der Waals surface area contributed by atoms with Gasteiger partial charge in [0.05, 0.1) is 6.61 Å². The molecule has 4 heteroatoms. The van der Waals surface area contributed by atoms with E-state index in [2.05, 4.69) is 16.8 Å². The van der Waals surface area contributed by atoms with E-state index in [0.717, 1.165) is 12.8 Å². The zero-order valence-electron chi connectivity index (χ0n) is 11.2. The minimum atomic E-state index is -0.614. The summed E-state index contributed by atoms with van der Waals surface area (Å²) in [6.45, 7) is 2.78. The van der Waals surface area contributed by atoms with Gasteiger partial charge in [-0.1, -0.05) is 57.8 Å². The highest BCUT2D eigenvalue weighted by Crippen LogP contribution is 2.08. The molecule has 0 unspecified atom stereocenters. The average Bonchev–Trinajstić information content (AvgIpc) is 2.37. The molecule has 0 radical (unpaired) electrons. The van der Waals surface area contributed by atoms with Gasteiger partial charge in [-0.2, -0.15) is 0 Å². The first-order valence-corrected chi connectivity index (χ1v) is 7.77. The molecule has 0 heterocycles. The highest BCUT2D eigenvalue weighted by atomic mass is 127. The Morgan fingerprint density at radius 3 is 2.22 bits per heavy atom. The smallest absolute Gasteiger partial charge is 0.434 e. The Labute approximate surface area is 124 Å². The van der Waals surface area contributed by atoms with Crippen LogP contribution in [0.3, 0.4) is 0 Å². The molecule has 0 amide bonds. The van der Waals surface area contributed by atoms with Crippen LogP contribution >= 0.6 is 22.6 Å². The van der Waals surface area contributed by atoms with Crippen LogP contribution in [-0.2, 0) is 9.47 Å². The van der Waals surface area contributed by atoms with Crippen LogP contribution in [0.25, 0.3) is 0 Å². The Kier molecular flexibility index (Phi) is 14.3. The summed E-state index contributed by atoms with van der Waals surface area (Å²) in [6, 6.07) is 0. The van der Waals surface area contributed by atoms with Crippen LogP contribution in [0, 0.1) is 9.85 Å². The van der Waals surface area contributed by atoms with Crippen LogP contribution < -0.4 is 0 Å². The van der Waals surface area contributed by atoms with Gasteiger partial charge in [-0.25, -0.2) is 4.79 Å². The van der Waals surface area contributed by atoms with Crippen molar-refractivity contribution in [2.75, 3.05) is 13.2 Å². The molecule has 3 nitrogen and oxygen atoms in total. The molecule has 0 spiro atoms. The van der Waals surface area contributed by atoms with Gasteiger partial charge in [0.1, 0.15) is 0 Å². The zero-order valence-corrected chi connectivity index (χ0v) is 13.3. The Morgan fingerprint density at radius 2 is 1.61 bits per heavy atom. The summed E-state index contributed by atoms with van der Waals surface area (Å²) in [5.41, 5.74) is 0. The van der Waals surface area contributed by atoms with Gasteiger partial charge in [-0.15, -0.1) is 0 Å². The Balaban J connectivity index is 3.14. The van der Waals surface area contributed by atoms with Gasteiger partial charge >= 0.3 is 6.16 Å². The van der Waals surface area contributed by atoms with Crippen molar-refractivity contribution in [3.63, 3.8) is 0 Å². The monoisotopic (exact) mass is 366 g/mol. The minimum Gasteiger partial charge on any atom is -0.434 e. The first-order chi connectivity index (χ1) is 8.81. The number of hydrogen-bond acceptors (Lipinski definition) is 3. The van der Waals surface area contributed by atoms with Crippen molar-refractivity contribution in [3.05, 3.63) is 0 Å². The lowest BCUT2D eigenvalue weighted by Gasteiger charge is -2.04. The summed E-state index contributed by atoms with van der Waals surface area (Å²) < 4.78 is 12.2. The van der Waals surface area contributed by atoms with Gasteiger partial charge in [0.2, 0.25) is 0 Å². The van der Waals surface area contributed by atoms with Gasteiger partial charge in [0.25, 0.3) is 0 Å². The van der Waals surface area contributed by atoms with Crippen LogP contribution in [0.2, 0.25) is 0 Å². The average molecular weight is 366 g/mol. The number of unbranched alkanes of at least 4 members (excludes halogenated alkanes) is 7. The quantitative estimate of drug-likeness (QED) is 0.244. The number of hydrogen-bond donors (Lipinski definition) is 0. The van der Waals surface area contributed by atoms with Crippen LogP contribution in [0.5, 0.6) is 0 Å². The lowest BCUT2D eigenvalue weighted by Crippen LogP contribution is -2.08. The predicted molar refractivity (Wildman–Crippen MR) is 81.7 cm³/mol. The minimum absolute atomic E-state index is 0.110.